The molecule has 144 valence electrons. The fourth-order valence-electron chi connectivity index (χ4n) is 3.98. The Morgan fingerprint density at radius 1 is 1.37 bits per heavy atom. The van der Waals surface area contributed by atoms with Crippen LogP contribution >= 0.6 is 0 Å². The third kappa shape index (κ3) is 4.13. The largest absolute Gasteiger partial charge is 0.391 e. The number of anilines is 1. The molecule has 0 aromatic carbocycles. The van der Waals surface area contributed by atoms with E-state index in [0.29, 0.717) is 18.2 Å². The standard InChI is InChI=1S/C20H27N5O2/c1-14-9-17(26)13-25(12-14)16-3-7-21-18(10-16)19(27)22-20(5-6-20)11-15-4-8-24(2)23-15/h3-4,7-8,10,14,17,26H,5-6,9,11-13H2,1-2H3,(H,22,27)/t14-,17+/m0/s1. The summed E-state index contributed by atoms with van der Waals surface area (Å²) in [4.78, 5) is 19.2. The zero-order valence-corrected chi connectivity index (χ0v) is 15.9. The number of carbonyl (C=O) groups is 1. The summed E-state index contributed by atoms with van der Waals surface area (Å²) in [7, 11) is 1.90. The Bertz CT molecular complexity index is 819. The molecule has 1 aliphatic heterocycles. The van der Waals surface area contributed by atoms with E-state index in [-0.39, 0.29) is 17.6 Å². The van der Waals surface area contributed by atoms with Gasteiger partial charge in [0, 0.05) is 50.2 Å². The fourth-order valence-corrected chi connectivity index (χ4v) is 3.98. The van der Waals surface area contributed by atoms with E-state index in [0.717, 1.165) is 43.6 Å². The summed E-state index contributed by atoms with van der Waals surface area (Å²) in [5, 5.41) is 17.6. The third-order valence-electron chi connectivity index (χ3n) is 5.50. The van der Waals surface area contributed by atoms with Gasteiger partial charge in [0.15, 0.2) is 0 Å². The van der Waals surface area contributed by atoms with Crippen molar-refractivity contribution >= 4 is 11.6 Å². The number of nitrogens with one attached hydrogen (secondary N) is 1. The zero-order chi connectivity index (χ0) is 19.0. The van der Waals surface area contributed by atoms with Gasteiger partial charge >= 0.3 is 0 Å². The number of rotatable bonds is 5. The Morgan fingerprint density at radius 3 is 2.85 bits per heavy atom. The number of hydrogen-bond donors (Lipinski definition) is 2. The average Bonchev–Trinajstić information content (AvgIpc) is 3.25. The van der Waals surface area contributed by atoms with E-state index in [1.807, 2.05) is 31.4 Å². The van der Waals surface area contributed by atoms with E-state index in [4.69, 9.17) is 0 Å². The van der Waals surface area contributed by atoms with E-state index < -0.39 is 0 Å². The van der Waals surface area contributed by atoms with Crippen LogP contribution in [0.15, 0.2) is 30.6 Å². The van der Waals surface area contributed by atoms with Crippen LogP contribution in [0.4, 0.5) is 5.69 Å². The molecular weight excluding hydrogens is 342 g/mol. The monoisotopic (exact) mass is 369 g/mol. The maximum absolute atomic E-state index is 12.8. The maximum Gasteiger partial charge on any atom is 0.270 e. The predicted octanol–water partition coefficient (Wildman–Crippen LogP) is 1.53. The van der Waals surface area contributed by atoms with E-state index in [1.165, 1.54) is 0 Å². The lowest BCUT2D eigenvalue weighted by atomic mass is 9.97. The van der Waals surface area contributed by atoms with Gasteiger partial charge in [0.1, 0.15) is 5.69 Å². The molecule has 7 heteroatoms. The van der Waals surface area contributed by atoms with Crippen LogP contribution in [0.1, 0.15) is 42.4 Å². The van der Waals surface area contributed by atoms with Gasteiger partial charge in [0.25, 0.3) is 5.91 Å². The lowest BCUT2D eigenvalue weighted by molar-refractivity contribution is 0.0926. The molecule has 1 saturated carbocycles. The summed E-state index contributed by atoms with van der Waals surface area (Å²) in [5.41, 5.74) is 2.16. The van der Waals surface area contributed by atoms with E-state index in [9.17, 15) is 9.90 Å². The van der Waals surface area contributed by atoms with Gasteiger partial charge in [-0.3, -0.25) is 14.5 Å². The SMILES string of the molecule is C[C@H]1C[C@@H](O)CN(c2ccnc(C(=O)NC3(Cc4ccn(C)n4)CC3)c2)C1. The van der Waals surface area contributed by atoms with Crippen molar-refractivity contribution in [3.63, 3.8) is 0 Å². The number of aliphatic hydroxyl groups excluding tert-OH is 1. The molecule has 2 aromatic heterocycles. The van der Waals surface area contributed by atoms with Gasteiger partial charge in [-0.05, 0) is 43.4 Å². The minimum absolute atomic E-state index is 0.143. The van der Waals surface area contributed by atoms with E-state index >= 15 is 0 Å². The fraction of sp³-hybridized carbons (Fsp3) is 0.550. The highest BCUT2D eigenvalue weighted by Crippen LogP contribution is 2.38. The van der Waals surface area contributed by atoms with Crippen molar-refractivity contribution < 1.29 is 9.90 Å². The van der Waals surface area contributed by atoms with Crippen molar-refractivity contribution in [2.45, 2.75) is 44.2 Å². The van der Waals surface area contributed by atoms with Crippen LogP contribution in [-0.4, -0.2) is 50.5 Å². The summed E-state index contributed by atoms with van der Waals surface area (Å²) in [6.07, 6.45) is 6.77. The van der Waals surface area contributed by atoms with Crippen LogP contribution < -0.4 is 10.2 Å². The zero-order valence-electron chi connectivity index (χ0n) is 15.9. The number of carbonyl (C=O) groups excluding carboxylic acids is 1. The number of β-amino-alcohol motifs (C(OH)–C–C–N with tert-alkyl or cyclic N) is 1. The molecule has 2 N–H and O–H groups in total. The highest BCUT2D eigenvalue weighted by Gasteiger charge is 2.44. The van der Waals surface area contributed by atoms with Crippen molar-refractivity contribution in [1.29, 1.82) is 0 Å². The van der Waals surface area contributed by atoms with Gasteiger partial charge in [-0.2, -0.15) is 5.10 Å². The molecule has 7 nitrogen and oxygen atoms in total. The van der Waals surface area contributed by atoms with E-state index in [2.05, 4.69) is 27.2 Å². The van der Waals surface area contributed by atoms with Crippen molar-refractivity contribution in [3.05, 3.63) is 42.0 Å². The van der Waals surface area contributed by atoms with Crippen molar-refractivity contribution in [1.82, 2.24) is 20.1 Å². The molecule has 2 fully saturated rings. The average molecular weight is 369 g/mol. The molecule has 0 spiro atoms. The second-order valence-electron chi connectivity index (χ2n) is 8.19. The summed E-state index contributed by atoms with van der Waals surface area (Å²) in [6.45, 7) is 3.61. The summed E-state index contributed by atoms with van der Waals surface area (Å²) in [5.74, 6) is 0.281. The number of pyridine rings is 1. The lowest BCUT2D eigenvalue weighted by Gasteiger charge is -2.35. The molecule has 2 atom stereocenters. The highest BCUT2D eigenvalue weighted by molar-refractivity contribution is 5.94. The summed E-state index contributed by atoms with van der Waals surface area (Å²) in [6, 6.07) is 5.73. The second kappa shape index (κ2) is 6.96. The lowest BCUT2D eigenvalue weighted by Crippen LogP contribution is -2.42. The van der Waals surface area contributed by atoms with Gasteiger partial charge in [-0.15, -0.1) is 0 Å². The number of aromatic nitrogens is 3. The number of hydrogen-bond acceptors (Lipinski definition) is 5. The van der Waals surface area contributed by atoms with Crippen LogP contribution in [0, 0.1) is 5.92 Å². The van der Waals surface area contributed by atoms with Gasteiger partial charge in [-0.1, -0.05) is 6.92 Å². The quantitative estimate of drug-likeness (QED) is 0.835. The smallest absolute Gasteiger partial charge is 0.270 e. The minimum atomic E-state index is -0.327. The molecule has 1 amide bonds. The molecule has 0 radical (unpaired) electrons. The number of aliphatic hydroxyl groups is 1. The van der Waals surface area contributed by atoms with Crippen molar-refractivity contribution in [2.75, 3.05) is 18.0 Å². The Morgan fingerprint density at radius 2 is 2.19 bits per heavy atom. The molecule has 1 saturated heterocycles. The summed E-state index contributed by atoms with van der Waals surface area (Å²) >= 11 is 0. The first-order valence-electron chi connectivity index (χ1n) is 9.63. The first-order chi connectivity index (χ1) is 12.9. The van der Waals surface area contributed by atoms with Crippen molar-refractivity contribution in [3.8, 4) is 0 Å². The Hall–Kier alpha value is -2.41. The van der Waals surface area contributed by atoms with Gasteiger partial charge in [0.05, 0.1) is 11.8 Å². The second-order valence-corrected chi connectivity index (χ2v) is 8.19. The summed E-state index contributed by atoms with van der Waals surface area (Å²) < 4.78 is 1.78. The molecule has 4 rings (SSSR count). The van der Waals surface area contributed by atoms with Gasteiger partial charge < -0.3 is 15.3 Å². The predicted molar refractivity (Wildman–Crippen MR) is 103 cm³/mol. The van der Waals surface area contributed by atoms with Crippen LogP contribution in [-0.2, 0) is 13.5 Å². The van der Waals surface area contributed by atoms with Crippen LogP contribution in [0.25, 0.3) is 0 Å². The normalized spacial score (nSPS) is 23.9. The molecular formula is C20H27N5O2. The van der Waals surface area contributed by atoms with Gasteiger partial charge in [0.2, 0.25) is 0 Å². The van der Waals surface area contributed by atoms with Gasteiger partial charge in [-0.25, -0.2) is 0 Å². The minimum Gasteiger partial charge on any atom is -0.391 e. The Balaban J connectivity index is 1.45. The first-order valence-corrected chi connectivity index (χ1v) is 9.63. The first kappa shape index (κ1) is 18.0. The van der Waals surface area contributed by atoms with Crippen LogP contribution in [0.3, 0.4) is 0 Å². The van der Waals surface area contributed by atoms with E-state index in [1.54, 1.807) is 10.9 Å². The van der Waals surface area contributed by atoms with Crippen LogP contribution in [0.5, 0.6) is 0 Å². The topological polar surface area (TPSA) is 83.3 Å². The molecule has 2 aliphatic rings. The number of amides is 1. The molecule has 1 aliphatic carbocycles. The molecule has 27 heavy (non-hydrogen) atoms. The molecule has 3 heterocycles. The van der Waals surface area contributed by atoms with Crippen LogP contribution in [0.2, 0.25) is 0 Å². The maximum atomic E-state index is 12.8. The number of piperidine rings is 1. The number of nitrogens with zero attached hydrogens (tertiary/aromatic N) is 4. The molecule has 0 unspecified atom stereocenters. The Labute approximate surface area is 159 Å². The molecule has 2 aromatic rings. The highest BCUT2D eigenvalue weighted by atomic mass is 16.3. The van der Waals surface area contributed by atoms with Crippen molar-refractivity contribution in [2.24, 2.45) is 13.0 Å². The molecule has 0 bridgehead atoms. The third-order valence-corrected chi connectivity index (χ3v) is 5.50. The number of aryl methyl sites for hydroxylation is 1. The Kier molecular flexibility index (Phi) is 4.63.